The van der Waals surface area contributed by atoms with Crippen molar-refractivity contribution < 1.29 is 0 Å². The Bertz CT molecular complexity index is 355. The molecular formula is C15H24N2. The largest absolute Gasteiger partial charge is 0.370 e. The second kappa shape index (κ2) is 4.69. The minimum Gasteiger partial charge on any atom is -0.370 e. The molecule has 1 aliphatic heterocycles. The molecule has 1 aromatic carbocycles. The molecule has 1 saturated heterocycles. The lowest BCUT2D eigenvalue weighted by Crippen LogP contribution is -2.55. The van der Waals surface area contributed by atoms with Crippen molar-refractivity contribution in [2.75, 3.05) is 18.0 Å². The van der Waals surface area contributed by atoms with Crippen molar-refractivity contribution in [3.8, 4) is 0 Å². The molecule has 0 bridgehead atoms. The zero-order valence-electron chi connectivity index (χ0n) is 11.2. The average Bonchev–Trinajstić information content (AvgIpc) is 2.29. The first kappa shape index (κ1) is 12.4. The van der Waals surface area contributed by atoms with E-state index < -0.39 is 0 Å². The number of hydrogen-bond acceptors (Lipinski definition) is 2. The normalized spacial score (nSPS) is 19.9. The van der Waals surface area contributed by atoms with Gasteiger partial charge in [0.05, 0.1) is 0 Å². The minimum absolute atomic E-state index is 0.130. The van der Waals surface area contributed by atoms with E-state index in [0.29, 0.717) is 5.41 Å². The van der Waals surface area contributed by atoms with Crippen LogP contribution in [0.2, 0.25) is 0 Å². The monoisotopic (exact) mass is 232 g/mol. The molecule has 0 radical (unpaired) electrons. The van der Waals surface area contributed by atoms with Crippen LogP contribution in [0.1, 0.15) is 45.2 Å². The predicted molar refractivity (Wildman–Crippen MR) is 74.3 cm³/mol. The van der Waals surface area contributed by atoms with E-state index in [0.717, 1.165) is 0 Å². The molecule has 0 aliphatic carbocycles. The van der Waals surface area contributed by atoms with Gasteiger partial charge in [0, 0.05) is 30.2 Å². The number of anilines is 1. The summed E-state index contributed by atoms with van der Waals surface area (Å²) in [4.78, 5) is 2.47. The molecular weight excluding hydrogens is 208 g/mol. The van der Waals surface area contributed by atoms with Crippen LogP contribution in [0.4, 0.5) is 5.69 Å². The van der Waals surface area contributed by atoms with Crippen LogP contribution >= 0.6 is 0 Å². The number of nitrogens with zero attached hydrogens (tertiary/aromatic N) is 1. The molecule has 1 heterocycles. The van der Waals surface area contributed by atoms with E-state index in [2.05, 4.69) is 43.0 Å². The van der Waals surface area contributed by atoms with E-state index in [-0.39, 0.29) is 6.04 Å². The van der Waals surface area contributed by atoms with Gasteiger partial charge in [0.15, 0.2) is 0 Å². The van der Waals surface area contributed by atoms with E-state index in [1.54, 1.807) is 0 Å². The maximum atomic E-state index is 5.86. The van der Waals surface area contributed by atoms with E-state index >= 15 is 0 Å². The Morgan fingerprint density at radius 2 is 1.71 bits per heavy atom. The fourth-order valence-electron chi connectivity index (χ4n) is 2.63. The molecule has 0 amide bonds. The van der Waals surface area contributed by atoms with Crippen molar-refractivity contribution in [3.05, 3.63) is 29.8 Å². The molecule has 2 heteroatoms. The van der Waals surface area contributed by atoms with Gasteiger partial charge in [-0.3, -0.25) is 0 Å². The lowest BCUT2D eigenvalue weighted by atomic mass is 9.75. The summed E-state index contributed by atoms with van der Waals surface area (Å²) in [5.41, 5.74) is 8.98. The van der Waals surface area contributed by atoms with Gasteiger partial charge in [-0.15, -0.1) is 0 Å². The molecule has 0 aromatic heterocycles. The quantitative estimate of drug-likeness (QED) is 0.862. The maximum absolute atomic E-state index is 5.86. The lowest BCUT2D eigenvalue weighted by Gasteiger charge is -2.51. The van der Waals surface area contributed by atoms with E-state index in [1.807, 2.05) is 6.92 Å². The molecule has 1 aliphatic rings. The fourth-order valence-corrected chi connectivity index (χ4v) is 2.63. The molecule has 94 valence electrons. The second-order valence-electron chi connectivity index (χ2n) is 5.44. The van der Waals surface area contributed by atoms with E-state index in [4.69, 9.17) is 5.73 Å². The van der Waals surface area contributed by atoms with Crippen LogP contribution in [0.25, 0.3) is 0 Å². The molecule has 0 spiro atoms. The lowest BCUT2D eigenvalue weighted by molar-refractivity contribution is 0.194. The Balaban J connectivity index is 2.02. The van der Waals surface area contributed by atoms with Crippen LogP contribution in [0, 0.1) is 5.41 Å². The van der Waals surface area contributed by atoms with Crippen LogP contribution in [0.3, 0.4) is 0 Å². The molecule has 1 unspecified atom stereocenters. The molecule has 2 rings (SSSR count). The first-order chi connectivity index (χ1) is 8.10. The summed E-state index contributed by atoms with van der Waals surface area (Å²) in [7, 11) is 0. The SMILES string of the molecule is CCC1(CC)CN(c2ccc(C(C)N)cc2)C1. The van der Waals surface area contributed by atoms with E-state index in [1.165, 1.54) is 37.2 Å². The average molecular weight is 232 g/mol. The highest BCUT2D eigenvalue weighted by atomic mass is 15.2. The van der Waals surface area contributed by atoms with Crippen molar-refractivity contribution in [2.45, 2.75) is 39.7 Å². The Hall–Kier alpha value is -1.02. The molecule has 1 atom stereocenters. The Morgan fingerprint density at radius 3 is 2.12 bits per heavy atom. The van der Waals surface area contributed by atoms with Crippen molar-refractivity contribution in [1.29, 1.82) is 0 Å². The van der Waals surface area contributed by atoms with Gasteiger partial charge in [-0.05, 0) is 37.5 Å². The minimum atomic E-state index is 0.130. The predicted octanol–water partition coefficient (Wildman–Crippen LogP) is 3.33. The standard InChI is InChI=1S/C15H24N2/c1-4-15(5-2)10-17(11-15)14-8-6-13(7-9-14)12(3)16/h6-9,12H,4-5,10-11,16H2,1-3H3. The van der Waals surface area contributed by atoms with Gasteiger partial charge in [-0.2, -0.15) is 0 Å². The van der Waals surface area contributed by atoms with Gasteiger partial charge in [-0.1, -0.05) is 26.0 Å². The van der Waals surface area contributed by atoms with Crippen LogP contribution < -0.4 is 10.6 Å². The van der Waals surface area contributed by atoms with Crippen molar-refractivity contribution >= 4 is 5.69 Å². The topological polar surface area (TPSA) is 29.3 Å². The molecule has 0 saturated carbocycles. The third-order valence-electron chi connectivity index (χ3n) is 4.34. The highest BCUT2D eigenvalue weighted by Crippen LogP contribution is 2.39. The highest BCUT2D eigenvalue weighted by molar-refractivity contribution is 5.51. The highest BCUT2D eigenvalue weighted by Gasteiger charge is 2.39. The number of nitrogens with two attached hydrogens (primary N) is 1. The van der Waals surface area contributed by atoms with Gasteiger partial charge in [-0.25, -0.2) is 0 Å². The smallest absolute Gasteiger partial charge is 0.0366 e. The van der Waals surface area contributed by atoms with Gasteiger partial charge in [0.2, 0.25) is 0 Å². The van der Waals surface area contributed by atoms with Crippen molar-refractivity contribution in [1.82, 2.24) is 0 Å². The Kier molecular flexibility index (Phi) is 3.43. The third kappa shape index (κ3) is 2.32. The summed E-state index contributed by atoms with van der Waals surface area (Å²) in [5.74, 6) is 0. The summed E-state index contributed by atoms with van der Waals surface area (Å²) < 4.78 is 0. The second-order valence-corrected chi connectivity index (χ2v) is 5.44. The number of rotatable bonds is 4. The van der Waals surface area contributed by atoms with Gasteiger partial charge >= 0.3 is 0 Å². The Labute approximate surface area is 105 Å². The van der Waals surface area contributed by atoms with Gasteiger partial charge < -0.3 is 10.6 Å². The molecule has 1 fully saturated rings. The molecule has 1 aromatic rings. The molecule has 17 heavy (non-hydrogen) atoms. The summed E-state index contributed by atoms with van der Waals surface area (Å²) in [5, 5.41) is 0. The van der Waals surface area contributed by atoms with Crippen molar-refractivity contribution in [2.24, 2.45) is 11.1 Å². The summed E-state index contributed by atoms with van der Waals surface area (Å²) in [6.45, 7) is 9.05. The van der Waals surface area contributed by atoms with E-state index in [9.17, 15) is 0 Å². The third-order valence-corrected chi connectivity index (χ3v) is 4.34. The number of hydrogen-bond donors (Lipinski definition) is 1. The fraction of sp³-hybridized carbons (Fsp3) is 0.600. The summed E-state index contributed by atoms with van der Waals surface area (Å²) >= 11 is 0. The summed E-state index contributed by atoms with van der Waals surface area (Å²) in [6, 6.07) is 8.84. The zero-order chi connectivity index (χ0) is 12.5. The molecule has 2 N–H and O–H groups in total. The van der Waals surface area contributed by atoms with Crippen LogP contribution in [-0.2, 0) is 0 Å². The first-order valence-corrected chi connectivity index (χ1v) is 6.71. The maximum Gasteiger partial charge on any atom is 0.0366 e. The molecule has 2 nitrogen and oxygen atoms in total. The first-order valence-electron chi connectivity index (χ1n) is 6.71. The van der Waals surface area contributed by atoms with Gasteiger partial charge in [0.1, 0.15) is 0 Å². The zero-order valence-corrected chi connectivity index (χ0v) is 11.2. The van der Waals surface area contributed by atoms with Crippen LogP contribution in [-0.4, -0.2) is 13.1 Å². The summed E-state index contributed by atoms with van der Waals surface area (Å²) in [6.07, 6.45) is 2.58. The van der Waals surface area contributed by atoms with Crippen LogP contribution in [0.15, 0.2) is 24.3 Å². The Morgan fingerprint density at radius 1 is 1.18 bits per heavy atom. The van der Waals surface area contributed by atoms with Crippen molar-refractivity contribution in [3.63, 3.8) is 0 Å². The van der Waals surface area contributed by atoms with Gasteiger partial charge in [0.25, 0.3) is 0 Å². The van der Waals surface area contributed by atoms with Crippen LogP contribution in [0.5, 0.6) is 0 Å². The number of benzene rings is 1.